The van der Waals surface area contributed by atoms with Crippen molar-refractivity contribution in [3.05, 3.63) is 23.9 Å². The van der Waals surface area contributed by atoms with Crippen molar-refractivity contribution in [2.75, 3.05) is 0 Å². The summed E-state index contributed by atoms with van der Waals surface area (Å²) in [5, 5.41) is 0. The maximum absolute atomic E-state index is 4.52. The van der Waals surface area contributed by atoms with Gasteiger partial charge in [0.25, 0.3) is 0 Å². The van der Waals surface area contributed by atoms with Gasteiger partial charge in [-0.2, -0.15) is 0 Å². The Labute approximate surface area is 82.3 Å². The zero-order valence-corrected chi connectivity index (χ0v) is 9.52. The van der Waals surface area contributed by atoms with E-state index >= 15 is 0 Å². The monoisotopic (exact) mass is 179 g/mol. The molecule has 0 aromatic carbocycles. The molecule has 0 saturated heterocycles. The Morgan fingerprint density at radius 3 is 2.31 bits per heavy atom. The van der Waals surface area contributed by atoms with Crippen molar-refractivity contribution in [2.24, 2.45) is 10.9 Å². The number of allylic oxidation sites excluding steroid dienone is 3. The quantitative estimate of drug-likeness (QED) is 0.579. The van der Waals surface area contributed by atoms with Gasteiger partial charge in [0.2, 0.25) is 0 Å². The summed E-state index contributed by atoms with van der Waals surface area (Å²) >= 11 is 0. The molecule has 0 N–H and O–H groups in total. The van der Waals surface area contributed by atoms with Gasteiger partial charge < -0.3 is 0 Å². The third-order valence-electron chi connectivity index (χ3n) is 2.07. The van der Waals surface area contributed by atoms with Crippen molar-refractivity contribution in [3.63, 3.8) is 0 Å². The predicted molar refractivity (Wildman–Crippen MR) is 61.1 cm³/mol. The van der Waals surface area contributed by atoms with E-state index in [1.807, 2.05) is 6.92 Å². The smallest absolute Gasteiger partial charge is 0.0457 e. The lowest BCUT2D eigenvalue weighted by Gasteiger charge is -2.10. The van der Waals surface area contributed by atoms with Crippen molar-refractivity contribution < 1.29 is 0 Å². The molecule has 0 atom stereocenters. The molecule has 0 bridgehead atoms. The van der Waals surface area contributed by atoms with Crippen molar-refractivity contribution in [2.45, 2.75) is 41.0 Å². The first-order chi connectivity index (χ1) is 6.02. The molecule has 1 heteroatoms. The summed E-state index contributed by atoms with van der Waals surface area (Å²) in [6.45, 7) is 14.4. The van der Waals surface area contributed by atoms with Crippen LogP contribution in [0.2, 0.25) is 0 Å². The minimum Gasteiger partial charge on any atom is -0.258 e. The average molecular weight is 179 g/mol. The molecule has 0 aromatic heterocycles. The van der Waals surface area contributed by atoms with Crippen molar-refractivity contribution in [1.29, 1.82) is 0 Å². The van der Waals surface area contributed by atoms with Gasteiger partial charge in [0.15, 0.2) is 0 Å². The fraction of sp³-hybridized carbons (Fsp3) is 0.583. The topological polar surface area (TPSA) is 12.4 Å². The van der Waals surface area contributed by atoms with Crippen LogP contribution in [0.5, 0.6) is 0 Å². The largest absolute Gasteiger partial charge is 0.258 e. The minimum absolute atomic E-state index is 0.472. The summed E-state index contributed by atoms with van der Waals surface area (Å²) in [7, 11) is 0. The van der Waals surface area contributed by atoms with Crippen LogP contribution in [0.1, 0.15) is 41.0 Å². The molecular weight excluding hydrogens is 158 g/mol. The van der Waals surface area contributed by atoms with Gasteiger partial charge in [-0.15, -0.1) is 0 Å². The first kappa shape index (κ1) is 12.2. The van der Waals surface area contributed by atoms with E-state index in [-0.39, 0.29) is 0 Å². The maximum Gasteiger partial charge on any atom is 0.0457 e. The Morgan fingerprint density at radius 2 is 2.00 bits per heavy atom. The highest BCUT2D eigenvalue weighted by atomic mass is 14.8. The Hall–Kier alpha value is -0.850. The minimum atomic E-state index is 0.472. The number of hydrogen-bond donors (Lipinski definition) is 0. The normalized spacial score (nSPS) is 13.7. The molecule has 0 aliphatic carbocycles. The van der Waals surface area contributed by atoms with Gasteiger partial charge >= 0.3 is 0 Å². The second kappa shape index (κ2) is 5.74. The molecule has 0 unspecified atom stereocenters. The molecular formula is C12H21N. The second-order valence-corrected chi connectivity index (χ2v) is 3.54. The van der Waals surface area contributed by atoms with Gasteiger partial charge in [-0.05, 0) is 31.8 Å². The van der Waals surface area contributed by atoms with Crippen LogP contribution in [0.25, 0.3) is 0 Å². The summed E-state index contributed by atoms with van der Waals surface area (Å²) in [4.78, 5) is 4.52. The van der Waals surface area contributed by atoms with Gasteiger partial charge in [0.05, 0.1) is 0 Å². The van der Waals surface area contributed by atoms with Gasteiger partial charge in [-0.1, -0.05) is 33.4 Å². The molecule has 0 saturated carbocycles. The van der Waals surface area contributed by atoms with E-state index < -0.39 is 0 Å². The maximum atomic E-state index is 4.52. The molecule has 0 fully saturated rings. The first-order valence-electron chi connectivity index (χ1n) is 4.92. The second-order valence-electron chi connectivity index (χ2n) is 3.54. The van der Waals surface area contributed by atoms with Gasteiger partial charge in [0.1, 0.15) is 0 Å². The summed E-state index contributed by atoms with van der Waals surface area (Å²) in [5.74, 6) is 0.472. The lowest BCUT2D eigenvalue weighted by Crippen LogP contribution is -2.09. The Balaban J connectivity index is 4.81. The molecule has 0 aliphatic heterocycles. The molecule has 0 radical (unpaired) electrons. The van der Waals surface area contributed by atoms with Crippen LogP contribution >= 0.6 is 0 Å². The van der Waals surface area contributed by atoms with E-state index in [0.29, 0.717) is 5.92 Å². The van der Waals surface area contributed by atoms with Crippen LogP contribution in [0.3, 0.4) is 0 Å². The van der Waals surface area contributed by atoms with E-state index in [2.05, 4.69) is 45.3 Å². The van der Waals surface area contributed by atoms with E-state index in [1.165, 1.54) is 5.57 Å². The standard InChI is InChI=1S/C12H21N/c1-7-10(5)12(9(3)4)13-11(6)8-2/h7,9H,6,8H2,1-5H3/b10-7-,13-12-. The van der Waals surface area contributed by atoms with E-state index in [4.69, 9.17) is 0 Å². The Morgan fingerprint density at radius 1 is 1.46 bits per heavy atom. The van der Waals surface area contributed by atoms with Crippen LogP contribution in [-0.2, 0) is 0 Å². The summed E-state index contributed by atoms with van der Waals surface area (Å²) in [6.07, 6.45) is 3.02. The van der Waals surface area contributed by atoms with Crippen LogP contribution in [0, 0.1) is 5.92 Å². The first-order valence-corrected chi connectivity index (χ1v) is 4.92. The highest BCUT2D eigenvalue weighted by molar-refractivity contribution is 6.01. The lowest BCUT2D eigenvalue weighted by atomic mass is 10.0. The number of rotatable bonds is 4. The van der Waals surface area contributed by atoms with E-state index in [9.17, 15) is 0 Å². The summed E-state index contributed by atoms with van der Waals surface area (Å²) in [6, 6.07) is 0. The van der Waals surface area contributed by atoms with Crippen LogP contribution < -0.4 is 0 Å². The molecule has 0 spiro atoms. The molecule has 0 heterocycles. The molecule has 13 heavy (non-hydrogen) atoms. The SMILES string of the molecule is C=C(CC)/N=C(\C(C)=C/C)C(C)C. The molecule has 1 nitrogen and oxygen atoms in total. The summed E-state index contributed by atoms with van der Waals surface area (Å²) in [5.41, 5.74) is 3.38. The van der Waals surface area contributed by atoms with Crippen LogP contribution in [0.4, 0.5) is 0 Å². The van der Waals surface area contributed by atoms with E-state index in [1.54, 1.807) is 0 Å². The van der Waals surface area contributed by atoms with Gasteiger partial charge in [-0.25, -0.2) is 0 Å². The van der Waals surface area contributed by atoms with Crippen LogP contribution in [0.15, 0.2) is 28.9 Å². The highest BCUT2D eigenvalue weighted by Crippen LogP contribution is 2.11. The van der Waals surface area contributed by atoms with Crippen molar-refractivity contribution in [1.82, 2.24) is 0 Å². The molecule has 0 aromatic rings. The zero-order chi connectivity index (χ0) is 10.4. The Bertz CT molecular complexity index is 232. The fourth-order valence-corrected chi connectivity index (χ4v) is 1.07. The van der Waals surface area contributed by atoms with Gasteiger partial charge in [0, 0.05) is 11.4 Å². The summed E-state index contributed by atoms with van der Waals surface area (Å²) < 4.78 is 0. The lowest BCUT2D eigenvalue weighted by molar-refractivity contribution is 0.874. The van der Waals surface area contributed by atoms with Crippen molar-refractivity contribution in [3.8, 4) is 0 Å². The Kier molecular flexibility index (Phi) is 5.36. The number of hydrogen-bond acceptors (Lipinski definition) is 1. The van der Waals surface area contributed by atoms with Gasteiger partial charge in [-0.3, -0.25) is 4.99 Å². The highest BCUT2D eigenvalue weighted by Gasteiger charge is 2.06. The molecule has 0 aliphatic rings. The van der Waals surface area contributed by atoms with Crippen LogP contribution in [-0.4, -0.2) is 5.71 Å². The van der Waals surface area contributed by atoms with E-state index in [0.717, 1.165) is 17.8 Å². The number of aliphatic imine (C=N–C) groups is 1. The molecule has 0 amide bonds. The molecule has 0 rings (SSSR count). The van der Waals surface area contributed by atoms with Crippen molar-refractivity contribution >= 4 is 5.71 Å². The molecule has 74 valence electrons. The fourth-order valence-electron chi connectivity index (χ4n) is 1.07. The third kappa shape index (κ3) is 4.07. The average Bonchev–Trinajstić information content (AvgIpc) is 2.11. The number of nitrogens with zero attached hydrogens (tertiary/aromatic N) is 1. The third-order valence-corrected chi connectivity index (χ3v) is 2.07. The predicted octanol–water partition coefficient (Wildman–Crippen LogP) is 3.97. The zero-order valence-electron chi connectivity index (χ0n) is 9.52.